The van der Waals surface area contributed by atoms with E-state index in [4.69, 9.17) is 11.5 Å². The van der Waals surface area contributed by atoms with Gasteiger partial charge in [-0.1, -0.05) is 48.5 Å². The van der Waals surface area contributed by atoms with Gasteiger partial charge in [0.15, 0.2) is 0 Å². The molecule has 2 rings (SSSR count). The number of nitrogens with two attached hydrogens (primary N) is 2. The predicted molar refractivity (Wildman–Crippen MR) is 71.4 cm³/mol. The first kappa shape index (κ1) is 11.6. The zero-order valence-electron chi connectivity index (χ0n) is 9.58. The van der Waals surface area contributed by atoms with E-state index in [1.165, 1.54) is 0 Å². The van der Waals surface area contributed by atoms with E-state index in [0.717, 1.165) is 11.3 Å². The van der Waals surface area contributed by atoms with Gasteiger partial charge in [0.1, 0.15) is 0 Å². The molecule has 0 aromatic heterocycles. The van der Waals surface area contributed by atoms with Gasteiger partial charge >= 0.3 is 0 Å². The molecule has 2 atom stereocenters. The molecule has 0 fully saturated rings. The molecule has 0 aliphatic heterocycles. The van der Waals surface area contributed by atoms with Crippen molar-refractivity contribution in [1.82, 2.24) is 0 Å². The Kier molecular flexibility index (Phi) is 3.75. The molecular weight excluding hydrogens is 210 g/mol. The molecule has 0 heterocycles. The van der Waals surface area contributed by atoms with Crippen LogP contribution in [0.5, 0.6) is 0 Å². The van der Waals surface area contributed by atoms with Crippen molar-refractivity contribution >= 4 is 5.69 Å². The normalized spacial score (nSPS) is 14.0. The number of para-hydroxylation sites is 1. The molecule has 0 saturated heterocycles. The quantitative estimate of drug-likeness (QED) is 0.701. The van der Waals surface area contributed by atoms with Crippen molar-refractivity contribution in [3.8, 4) is 0 Å². The molecular formula is C14H17N3. The molecule has 5 N–H and O–H groups in total. The van der Waals surface area contributed by atoms with Gasteiger partial charge in [0.25, 0.3) is 0 Å². The first-order valence-corrected chi connectivity index (χ1v) is 5.65. The maximum Gasteiger partial charge on any atom is 0.0940 e. The molecule has 0 spiro atoms. The fourth-order valence-corrected chi connectivity index (χ4v) is 1.70. The third kappa shape index (κ3) is 3.06. The minimum absolute atomic E-state index is 0.226. The smallest absolute Gasteiger partial charge is 0.0940 e. The van der Waals surface area contributed by atoms with Crippen LogP contribution >= 0.6 is 0 Å². The van der Waals surface area contributed by atoms with Crippen LogP contribution in [0.15, 0.2) is 60.7 Å². The van der Waals surface area contributed by atoms with Crippen LogP contribution in [0.2, 0.25) is 0 Å². The van der Waals surface area contributed by atoms with E-state index in [9.17, 15) is 0 Å². The van der Waals surface area contributed by atoms with Gasteiger partial charge in [0, 0.05) is 5.69 Å². The van der Waals surface area contributed by atoms with Gasteiger partial charge in [-0.25, -0.2) is 0 Å². The average Bonchev–Trinajstić information content (AvgIpc) is 2.40. The van der Waals surface area contributed by atoms with Gasteiger partial charge in [0.05, 0.1) is 12.2 Å². The SMILES string of the molecule is N[C@@H](Nc1ccccc1)[C@@H](N)c1ccccc1. The van der Waals surface area contributed by atoms with Crippen molar-refractivity contribution in [2.75, 3.05) is 5.32 Å². The van der Waals surface area contributed by atoms with Crippen LogP contribution in [0, 0.1) is 0 Å². The Bertz CT molecular complexity index is 442. The first-order valence-electron chi connectivity index (χ1n) is 5.65. The van der Waals surface area contributed by atoms with E-state index >= 15 is 0 Å². The molecule has 0 radical (unpaired) electrons. The lowest BCUT2D eigenvalue weighted by Crippen LogP contribution is -2.40. The highest BCUT2D eigenvalue weighted by Crippen LogP contribution is 2.15. The first-order chi connectivity index (χ1) is 8.27. The largest absolute Gasteiger partial charge is 0.368 e. The van der Waals surface area contributed by atoms with Crippen molar-refractivity contribution in [2.45, 2.75) is 12.2 Å². The summed E-state index contributed by atoms with van der Waals surface area (Å²) in [5.74, 6) is 0. The fraction of sp³-hybridized carbons (Fsp3) is 0.143. The number of hydrogen-bond acceptors (Lipinski definition) is 3. The third-order valence-electron chi connectivity index (χ3n) is 2.68. The molecule has 2 aromatic rings. The highest BCUT2D eigenvalue weighted by Gasteiger charge is 2.14. The van der Waals surface area contributed by atoms with Crippen LogP contribution in [0.25, 0.3) is 0 Å². The lowest BCUT2D eigenvalue weighted by Gasteiger charge is -2.22. The summed E-state index contributed by atoms with van der Waals surface area (Å²) < 4.78 is 0. The molecule has 0 bridgehead atoms. The van der Waals surface area contributed by atoms with Crippen LogP contribution in [0.1, 0.15) is 11.6 Å². The summed E-state index contributed by atoms with van der Waals surface area (Å²) in [6.07, 6.45) is -0.306. The predicted octanol–water partition coefficient (Wildman–Crippen LogP) is 2.08. The molecule has 3 heteroatoms. The van der Waals surface area contributed by atoms with Crippen molar-refractivity contribution in [2.24, 2.45) is 11.5 Å². The maximum atomic E-state index is 6.10. The summed E-state index contributed by atoms with van der Waals surface area (Å²) in [6.45, 7) is 0. The minimum Gasteiger partial charge on any atom is -0.368 e. The second-order valence-corrected chi connectivity index (χ2v) is 3.97. The lowest BCUT2D eigenvalue weighted by molar-refractivity contribution is 0.601. The number of nitrogens with one attached hydrogen (secondary N) is 1. The molecule has 0 aliphatic rings. The number of rotatable bonds is 4. The molecule has 3 nitrogen and oxygen atoms in total. The van der Waals surface area contributed by atoms with Crippen LogP contribution in [-0.2, 0) is 0 Å². The Labute approximate surface area is 101 Å². The van der Waals surface area contributed by atoms with Crippen LogP contribution < -0.4 is 16.8 Å². The van der Waals surface area contributed by atoms with E-state index < -0.39 is 0 Å². The summed E-state index contributed by atoms with van der Waals surface area (Å²) >= 11 is 0. The zero-order valence-corrected chi connectivity index (χ0v) is 9.58. The van der Waals surface area contributed by atoms with E-state index in [0.29, 0.717) is 0 Å². The second-order valence-electron chi connectivity index (χ2n) is 3.97. The average molecular weight is 227 g/mol. The van der Waals surface area contributed by atoms with Gasteiger partial charge in [-0.2, -0.15) is 0 Å². The highest BCUT2D eigenvalue weighted by molar-refractivity contribution is 5.44. The standard InChI is InChI=1S/C14H17N3/c15-13(11-7-3-1-4-8-11)14(16)17-12-9-5-2-6-10-12/h1-10,13-14,17H,15-16H2/t13-,14-/m0/s1. The summed E-state index contributed by atoms with van der Waals surface area (Å²) in [6, 6.07) is 19.5. The Morgan fingerprint density at radius 2 is 1.29 bits per heavy atom. The number of hydrogen-bond donors (Lipinski definition) is 3. The molecule has 0 unspecified atom stereocenters. The Balaban J connectivity index is 2.03. The van der Waals surface area contributed by atoms with Gasteiger partial charge in [-0.15, -0.1) is 0 Å². The molecule has 0 aliphatic carbocycles. The van der Waals surface area contributed by atoms with Crippen molar-refractivity contribution in [1.29, 1.82) is 0 Å². The number of benzene rings is 2. The molecule has 88 valence electrons. The Morgan fingerprint density at radius 3 is 1.88 bits per heavy atom. The minimum atomic E-state index is -0.306. The van der Waals surface area contributed by atoms with Crippen molar-refractivity contribution in [3.63, 3.8) is 0 Å². The molecule has 17 heavy (non-hydrogen) atoms. The summed E-state index contributed by atoms with van der Waals surface area (Å²) in [5, 5.41) is 3.19. The van der Waals surface area contributed by atoms with E-state index in [-0.39, 0.29) is 12.2 Å². The van der Waals surface area contributed by atoms with E-state index in [1.54, 1.807) is 0 Å². The second kappa shape index (κ2) is 5.48. The maximum absolute atomic E-state index is 6.10. The Hall–Kier alpha value is -1.84. The van der Waals surface area contributed by atoms with Crippen LogP contribution in [-0.4, -0.2) is 6.17 Å². The van der Waals surface area contributed by atoms with Gasteiger partial charge in [-0.3, -0.25) is 0 Å². The topological polar surface area (TPSA) is 64.1 Å². The number of anilines is 1. The highest BCUT2D eigenvalue weighted by atomic mass is 15.1. The third-order valence-corrected chi connectivity index (χ3v) is 2.68. The fourth-order valence-electron chi connectivity index (χ4n) is 1.70. The summed E-state index contributed by atoms with van der Waals surface area (Å²) in [7, 11) is 0. The summed E-state index contributed by atoms with van der Waals surface area (Å²) in [5.41, 5.74) is 14.2. The van der Waals surface area contributed by atoms with Crippen molar-refractivity contribution < 1.29 is 0 Å². The lowest BCUT2D eigenvalue weighted by atomic mass is 10.1. The monoisotopic (exact) mass is 227 g/mol. The van der Waals surface area contributed by atoms with Crippen molar-refractivity contribution in [3.05, 3.63) is 66.2 Å². The molecule has 0 amide bonds. The van der Waals surface area contributed by atoms with Gasteiger partial charge < -0.3 is 16.8 Å². The molecule has 2 aromatic carbocycles. The van der Waals surface area contributed by atoms with Crippen LogP contribution in [0.4, 0.5) is 5.69 Å². The molecule has 0 saturated carbocycles. The Morgan fingerprint density at radius 1 is 0.765 bits per heavy atom. The van der Waals surface area contributed by atoms with E-state index in [2.05, 4.69) is 5.32 Å². The van der Waals surface area contributed by atoms with E-state index in [1.807, 2.05) is 60.7 Å². The van der Waals surface area contributed by atoms with Gasteiger partial charge in [0.2, 0.25) is 0 Å². The van der Waals surface area contributed by atoms with Crippen LogP contribution in [0.3, 0.4) is 0 Å². The van der Waals surface area contributed by atoms with Gasteiger partial charge in [-0.05, 0) is 17.7 Å². The zero-order chi connectivity index (χ0) is 12.1. The summed E-state index contributed by atoms with van der Waals surface area (Å²) in [4.78, 5) is 0.